The average Bonchev–Trinajstić information content (AvgIpc) is 2.34. The second-order valence-electron chi connectivity index (χ2n) is 1.81. The summed E-state index contributed by atoms with van der Waals surface area (Å²) < 4.78 is 21.1. The van der Waals surface area contributed by atoms with Gasteiger partial charge in [-0.2, -0.15) is 0 Å². The van der Waals surface area contributed by atoms with Gasteiger partial charge in [-0.3, -0.25) is 4.21 Å². The van der Waals surface area contributed by atoms with E-state index in [4.69, 9.17) is 0 Å². The van der Waals surface area contributed by atoms with Gasteiger partial charge >= 0.3 is 29.6 Å². The second-order valence-corrected chi connectivity index (χ2v) is 4.14. The topological polar surface area (TPSA) is 40.1 Å². The Hall–Kier alpha value is 0.810. The van der Waals surface area contributed by atoms with Gasteiger partial charge in [0, 0.05) is 4.88 Å². The van der Waals surface area contributed by atoms with Gasteiger partial charge in [0.2, 0.25) is 0 Å². The summed E-state index contributed by atoms with van der Waals surface area (Å²) in [5, 5.41) is 0. The minimum Gasteiger partial charge on any atom is -0.768 e. The minimum absolute atomic E-state index is 0. The molecule has 1 rings (SSSR count). The van der Waals surface area contributed by atoms with E-state index in [1.807, 2.05) is 13.0 Å². The molecule has 0 aliphatic heterocycles. The molecule has 0 radical (unpaired) electrons. The molecule has 0 spiro atoms. The standard InChI is InChI=1S/C6H8O2S2.Na/c1-2-5-3-4-6(9-5)10(7)8;/h3-4H,2H2,1H3,(H,7,8);/q;+1/p-1. The third-order valence-electron chi connectivity index (χ3n) is 1.15. The number of hydrogen-bond acceptors (Lipinski definition) is 3. The van der Waals surface area contributed by atoms with Crippen LogP contribution in [0.4, 0.5) is 0 Å². The summed E-state index contributed by atoms with van der Waals surface area (Å²) in [4.78, 5) is 1.11. The molecule has 0 bridgehead atoms. The van der Waals surface area contributed by atoms with Crippen molar-refractivity contribution in [2.45, 2.75) is 17.6 Å². The van der Waals surface area contributed by atoms with Gasteiger partial charge in [0.05, 0.1) is 4.21 Å². The maximum absolute atomic E-state index is 10.3. The van der Waals surface area contributed by atoms with Gasteiger partial charge in [-0.25, -0.2) is 0 Å². The first kappa shape index (κ1) is 11.8. The monoisotopic (exact) mass is 198 g/mol. The molecule has 0 aromatic carbocycles. The molecule has 5 heteroatoms. The van der Waals surface area contributed by atoms with E-state index < -0.39 is 11.1 Å². The van der Waals surface area contributed by atoms with Crippen LogP contribution in [-0.4, -0.2) is 8.76 Å². The van der Waals surface area contributed by atoms with Gasteiger partial charge in [-0.1, -0.05) is 6.92 Å². The van der Waals surface area contributed by atoms with Crippen molar-refractivity contribution in [2.24, 2.45) is 0 Å². The maximum Gasteiger partial charge on any atom is 1.00 e. The normalized spacial score (nSPS) is 12.2. The van der Waals surface area contributed by atoms with E-state index in [0.717, 1.165) is 11.3 Å². The molecular weight excluding hydrogens is 191 g/mol. The predicted octanol–water partition coefficient (Wildman–Crippen LogP) is -1.45. The zero-order valence-corrected chi connectivity index (χ0v) is 10.1. The van der Waals surface area contributed by atoms with Crippen molar-refractivity contribution in [3.05, 3.63) is 17.0 Å². The van der Waals surface area contributed by atoms with E-state index in [1.54, 1.807) is 6.07 Å². The van der Waals surface area contributed by atoms with Gasteiger partial charge in [-0.05, 0) is 29.6 Å². The number of rotatable bonds is 2. The molecule has 0 saturated carbocycles. The maximum atomic E-state index is 10.3. The third-order valence-corrected chi connectivity index (χ3v) is 3.30. The SMILES string of the molecule is CCc1ccc(S(=O)[O-])s1.[Na+]. The molecule has 0 saturated heterocycles. The van der Waals surface area contributed by atoms with Crippen LogP contribution in [0, 0.1) is 0 Å². The molecular formula is C6H7NaO2S2. The Bertz CT molecular complexity index is 246. The zero-order valence-electron chi connectivity index (χ0n) is 6.49. The van der Waals surface area contributed by atoms with E-state index in [9.17, 15) is 8.76 Å². The largest absolute Gasteiger partial charge is 1.00 e. The first-order chi connectivity index (χ1) is 4.74. The van der Waals surface area contributed by atoms with Crippen molar-refractivity contribution >= 4 is 22.4 Å². The zero-order chi connectivity index (χ0) is 7.56. The molecule has 56 valence electrons. The van der Waals surface area contributed by atoms with Gasteiger partial charge in [0.15, 0.2) is 0 Å². The fourth-order valence-corrected chi connectivity index (χ4v) is 2.09. The molecule has 2 nitrogen and oxygen atoms in total. The van der Waals surface area contributed by atoms with E-state index in [-0.39, 0.29) is 29.6 Å². The van der Waals surface area contributed by atoms with E-state index in [0.29, 0.717) is 4.21 Å². The number of hydrogen-bond donors (Lipinski definition) is 0. The van der Waals surface area contributed by atoms with Crippen molar-refractivity contribution in [1.82, 2.24) is 0 Å². The summed E-state index contributed by atoms with van der Waals surface area (Å²) in [5.74, 6) is 0. The molecule has 0 amide bonds. The van der Waals surface area contributed by atoms with Crippen molar-refractivity contribution in [1.29, 1.82) is 0 Å². The Balaban J connectivity index is 0.000001000. The van der Waals surface area contributed by atoms with Crippen LogP contribution in [0.1, 0.15) is 11.8 Å². The Labute approximate surface area is 94.6 Å². The van der Waals surface area contributed by atoms with Crippen LogP contribution < -0.4 is 29.6 Å². The quantitative estimate of drug-likeness (QED) is 0.431. The van der Waals surface area contributed by atoms with Gasteiger partial charge < -0.3 is 4.55 Å². The summed E-state index contributed by atoms with van der Waals surface area (Å²) in [7, 11) is 0. The summed E-state index contributed by atoms with van der Waals surface area (Å²) in [5.41, 5.74) is 0. The molecule has 1 atom stereocenters. The fraction of sp³-hybridized carbons (Fsp3) is 0.333. The molecule has 0 aliphatic carbocycles. The Kier molecular flexibility index (Phi) is 5.86. The molecule has 1 unspecified atom stereocenters. The molecule has 1 aromatic rings. The van der Waals surface area contributed by atoms with Gasteiger partial charge in [0.1, 0.15) is 0 Å². The predicted molar refractivity (Wildman–Crippen MR) is 40.9 cm³/mol. The fourth-order valence-electron chi connectivity index (χ4n) is 0.638. The van der Waals surface area contributed by atoms with Crippen LogP contribution in [0.3, 0.4) is 0 Å². The van der Waals surface area contributed by atoms with Gasteiger partial charge in [0.25, 0.3) is 0 Å². The van der Waals surface area contributed by atoms with Crippen LogP contribution in [0.5, 0.6) is 0 Å². The first-order valence-electron chi connectivity index (χ1n) is 2.92. The number of aryl methyl sites for hydroxylation is 1. The van der Waals surface area contributed by atoms with Crippen LogP contribution in [0.25, 0.3) is 0 Å². The summed E-state index contributed by atoms with van der Waals surface area (Å²) >= 11 is -0.713. The van der Waals surface area contributed by atoms with Crippen molar-refractivity contribution in [3.63, 3.8) is 0 Å². The first-order valence-corrected chi connectivity index (χ1v) is 4.81. The summed E-state index contributed by atoms with van der Waals surface area (Å²) in [6.45, 7) is 2.00. The van der Waals surface area contributed by atoms with E-state index >= 15 is 0 Å². The Morgan fingerprint density at radius 3 is 2.55 bits per heavy atom. The molecule has 11 heavy (non-hydrogen) atoms. The van der Waals surface area contributed by atoms with E-state index in [2.05, 4.69) is 0 Å². The van der Waals surface area contributed by atoms with Crippen molar-refractivity contribution in [3.8, 4) is 0 Å². The minimum atomic E-state index is -2.04. The smallest absolute Gasteiger partial charge is 0.768 e. The van der Waals surface area contributed by atoms with Crippen LogP contribution >= 0.6 is 11.3 Å². The third kappa shape index (κ3) is 3.36. The Morgan fingerprint density at radius 1 is 1.64 bits per heavy atom. The van der Waals surface area contributed by atoms with Crippen LogP contribution in [-0.2, 0) is 17.5 Å². The molecule has 0 aliphatic rings. The average molecular weight is 198 g/mol. The molecule has 0 N–H and O–H groups in total. The number of thiophene rings is 1. The van der Waals surface area contributed by atoms with Crippen LogP contribution in [0.15, 0.2) is 16.3 Å². The summed E-state index contributed by atoms with van der Waals surface area (Å²) in [6.07, 6.45) is 0.905. The summed E-state index contributed by atoms with van der Waals surface area (Å²) in [6, 6.07) is 3.47. The second kappa shape index (κ2) is 5.45. The van der Waals surface area contributed by atoms with Crippen molar-refractivity contribution in [2.75, 3.05) is 0 Å². The van der Waals surface area contributed by atoms with Crippen LogP contribution in [0.2, 0.25) is 0 Å². The van der Waals surface area contributed by atoms with Crippen molar-refractivity contribution < 1.29 is 38.3 Å². The van der Waals surface area contributed by atoms with Gasteiger partial charge in [-0.15, -0.1) is 11.3 Å². The molecule has 1 aromatic heterocycles. The molecule has 1 heterocycles. The molecule has 0 fully saturated rings. The Morgan fingerprint density at radius 2 is 2.27 bits per heavy atom. The van der Waals surface area contributed by atoms with E-state index in [1.165, 1.54) is 11.3 Å².